The number of hydrogen-bond donors (Lipinski definition) is 0. The van der Waals surface area contributed by atoms with Crippen molar-refractivity contribution in [3.8, 4) is 12.3 Å². The van der Waals surface area contributed by atoms with Crippen LogP contribution in [-0.2, 0) is 9.53 Å². The van der Waals surface area contributed by atoms with Gasteiger partial charge < -0.3 is 9.64 Å². The van der Waals surface area contributed by atoms with Crippen LogP contribution in [0.2, 0.25) is 0 Å². The van der Waals surface area contributed by atoms with Gasteiger partial charge in [0.15, 0.2) is 0 Å². The van der Waals surface area contributed by atoms with Gasteiger partial charge in [0.25, 0.3) is 0 Å². The molecule has 0 radical (unpaired) electrons. The van der Waals surface area contributed by atoms with Gasteiger partial charge in [-0.3, -0.25) is 4.79 Å². The Kier molecular flexibility index (Phi) is 4.61. The van der Waals surface area contributed by atoms with Gasteiger partial charge in [0.2, 0.25) is 0 Å². The molecule has 2 unspecified atom stereocenters. The summed E-state index contributed by atoms with van der Waals surface area (Å²) in [6.07, 6.45) is 9.45. The summed E-state index contributed by atoms with van der Waals surface area (Å²) >= 11 is 0. The van der Waals surface area contributed by atoms with E-state index in [1.54, 1.807) is 0 Å². The van der Waals surface area contributed by atoms with Crippen LogP contribution in [0.5, 0.6) is 0 Å². The second-order valence-electron chi connectivity index (χ2n) is 7.11. The van der Waals surface area contributed by atoms with E-state index in [0.29, 0.717) is 12.8 Å². The van der Waals surface area contributed by atoms with Gasteiger partial charge in [-0.25, -0.2) is 4.79 Å². The monoisotopic (exact) mass is 291 g/mol. The van der Waals surface area contributed by atoms with E-state index < -0.39 is 5.60 Å². The first-order valence-electron chi connectivity index (χ1n) is 7.79. The van der Waals surface area contributed by atoms with Crippen molar-refractivity contribution in [2.24, 2.45) is 5.92 Å². The molecule has 0 aliphatic carbocycles. The highest BCUT2D eigenvalue weighted by atomic mass is 16.6. The van der Waals surface area contributed by atoms with Gasteiger partial charge in [-0.2, -0.15) is 0 Å². The molecular weight excluding hydrogens is 266 g/mol. The molecule has 4 heteroatoms. The molecule has 1 amide bonds. The van der Waals surface area contributed by atoms with E-state index in [1.807, 2.05) is 25.7 Å². The lowest BCUT2D eigenvalue weighted by atomic mass is 9.86. The highest BCUT2D eigenvalue weighted by Gasteiger charge is 2.46. The zero-order valence-corrected chi connectivity index (χ0v) is 13.2. The summed E-state index contributed by atoms with van der Waals surface area (Å²) < 4.78 is 5.49. The smallest absolute Gasteiger partial charge is 0.410 e. The number of ketones is 1. The fraction of sp³-hybridized carbons (Fsp3) is 0.765. The van der Waals surface area contributed by atoms with E-state index in [-0.39, 0.29) is 29.9 Å². The first-order valence-corrected chi connectivity index (χ1v) is 7.79. The lowest BCUT2D eigenvalue weighted by molar-refractivity contribution is -0.125. The van der Waals surface area contributed by atoms with Gasteiger partial charge in [-0.05, 0) is 46.5 Å². The number of hydrogen-bond acceptors (Lipinski definition) is 3. The molecular formula is C17H25NO3. The first kappa shape index (κ1) is 15.9. The molecule has 0 N–H and O–H groups in total. The van der Waals surface area contributed by atoms with E-state index in [1.165, 1.54) is 0 Å². The molecule has 116 valence electrons. The van der Waals surface area contributed by atoms with Crippen LogP contribution in [0.15, 0.2) is 0 Å². The third-order valence-electron chi connectivity index (χ3n) is 4.31. The maximum absolute atomic E-state index is 12.3. The average Bonchev–Trinajstić information content (AvgIpc) is 2.65. The summed E-state index contributed by atoms with van der Waals surface area (Å²) in [6, 6.07) is 0.303. The molecule has 0 spiro atoms. The Balaban J connectivity index is 1.98. The van der Waals surface area contributed by atoms with E-state index in [4.69, 9.17) is 11.2 Å². The van der Waals surface area contributed by atoms with Crippen molar-refractivity contribution < 1.29 is 14.3 Å². The van der Waals surface area contributed by atoms with Gasteiger partial charge in [-0.15, -0.1) is 12.3 Å². The van der Waals surface area contributed by atoms with Crippen LogP contribution in [0.25, 0.3) is 0 Å². The maximum Gasteiger partial charge on any atom is 0.410 e. The minimum absolute atomic E-state index is 0.0644. The van der Waals surface area contributed by atoms with Crippen LogP contribution in [-0.4, -0.2) is 34.5 Å². The molecule has 2 rings (SSSR count). The molecule has 2 atom stereocenters. The first-order chi connectivity index (χ1) is 9.81. The van der Waals surface area contributed by atoms with Crippen LogP contribution in [0.1, 0.15) is 59.3 Å². The van der Waals surface area contributed by atoms with E-state index >= 15 is 0 Å². The molecule has 2 fully saturated rings. The van der Waals surface area contributed by atoms with Crippen molar-refractivity contribution in [1.29, 1.82) is 0 Å². The van der Waals surface area contributed by atoms with Gasteiger partial charge in [0, 0.05) is 30.8 Å². The molecule has 2 heterocycles. The highest BCUT2D eigenvalue weighted by Crippen LogP contribution is 2.40. The Labute approximate surface area is 127 Å². The number of rotatable bonds is 3. The Bertz CT molecular complexity index is 444. The second kappa shape index (κ2) is 6.09. The molecule has 21 heavy (non-hydrogen) atoms. The molecule has 2 saturated heterocycles. The SMILES string of the molecule is C#CCCC(=O)C1CC2CCC(C1)N2C(=O)OC(C)(C)C. The fourth-order valence-electron chi connectivity index (χ4n) is 3.45. The normalized spacial score (nSPS) is 28.1. The predicted molar refractivity (Wildman–Crippen MR) is 80.7 cm³/mol. The van der Waals surface area contributed by atoms with Gasteiger partial charge in [0.1, 0.15) is 11.4 Å². The molecule has 4 nitrogen and oxygen atoms in total. The minimum Gasteiger partial charge on any atom is -0.444 e. The van der Waals surface area contributed by atoms with Gasteiger partial charge in [-0.1, -0.05) is 0 Å². The topological polar surface area (TPSA) is 46.6 Å². The third-order valence-corrected chi connectivity index (χ3v) is 4.31. The van der Waals surface area contributed by atoms with Crippen molar-refractivity contribution in [1.82, 2.24) is 4.90 Å². The lowest BCUT2D eigenvalue weighted by Crippen LogP contribution is -2.49. The standard InChI is InChI=1S/C17H25NO3/c1-5-6-7-15(19)12-10-13-8-9-14(11-12)18(13)16(20)21-17(2,3)4/h1,12-14H,6-11H2,2-4H3. The molecule has 2 aliphatic rings. The average molecular weight is 291 g/mol. The van der Waals surface area contributed by atoms with Crippen molar-refractivity contribution in [3.05, 3.63) is 0 Å². The second-order valence-corrected chi connectivity index (χ2v) is 7.11. The summed E-state index contributed by atoms with van der Waals surface area (Å²) in [6.45, 7) is 5.63. The minimum atomic E-state index is -0.476. The third kappa shape index (κ3) is 3.78. The Morgan fingerprint density at radius 2 is 1.81 bits per heavy atom. The lowest BCUT2D eigenvalue weighted by Gasteiger charge is -2.39. The number of ether oxygens (including phenoxy) is 1. The Hall–Kier alpha value is -1.50. The number of terminal acetylenes is 1. The molecule has 2 aliphatic heterocycles. The molecule has 0 aromatic rings. The summed E-state index contributed by atoms with van der Waals surface area (Å²) in [5.41, 5.74) is -0.476. The summed E-state index contributed by atoms with van der Waals surface area (Å²) in [5.74, 6) is 2.85. The van der Waals surface area contributed by atoms with Crippen LogP contribution < -0.4 is 0 Å². The van der Waals surface area contributed by atoms with Crippen LogP contribution in [0.3, 0.4) is 0 Å². The molecule has 0 saturated carbocycles. The van der Waals surface area contributed by atoms with Gasteiger partial charge >= 0.3 is 6.09 Å². The number of nitrogens with zero attached hydrogens (tertiary/aromatic N) is 1. The summed E-state index contributed by atoms with van der Waals surface area (Å²) in [5, 5.41) is 0. The molecule has 2 bridgehead atoms. The maximum atomic E-state index is 12.3. The quantitative estimate of drug-likeness (QED) is 0.750. The number of amides is 1. The van der Waals surface area contributed by atoms with Crippen molar-refractivity contribution >= 4 is 11.9 Å². The number of fused-ring (bicyclic) bond motifs is 2. The van der Waals surface area contributed by atoms with Gasteiger partial charge in [0.05, 0.1) is 0 Å². The van der Waals surface area contributed by atoms with Crippen LogP contribution in [0, 0.1) is 18.3 Å². The zero-order chi connectivity index (χ0) is 15.6. The van der Waals surface area contributed by atoms with Crippen LogP contribution in [0.4, 0.5) is 4.79 Å². The molecule has 0 aromatic heterocycles. The number of carbonyl (C=O) groups is 2. The number of piperidine rings is 1. The van der Waals surface area contributed by atoms with E-state index in [9.17, 15) is 9.59 Å². The predicted octanol–water partition coefficient (Wildman–Crippen LogP) is 3.15. The summed E-state index contributed by atoms with van der Waals surface area (Å²) in [4.78, 5) is 26.3. The van der Waals surface area contributed by atoms with Crippen molar-refractivity contribution in [3.63, 3.8) is 0 Å². The fourth-order valence-corrected chi connectivity index (χ4v) is 3.45. The summed E-state index contributed by atoms with van der Waals surface area (Å²) in [7, 11) is 0. The molecule has 0 aromatic carbocycles. The Morgan fingerprint density at radius 1 is 1.24 bits per heavy atom. The van der Waals surface area contributed by atoms with E-state index in [2.05, 4.69) is 5.92 Å². The number of carbonyl (C=O) groups excluding carboxylic acids is 2. The van der Waals surface area contributed by atoms with E-state index in [0.717, 1.165) is 25.7 Å². The largest absolute Gasteiger partial charge is 0.444 e. The zero-order valence-electron chi connectivity index (χ0n) is 13.2. The van der Waals surface area contributed by atoms with Crippen LogP contribution >= 0.6 is 0 Å². The van der Waals surface area contributed by atoms with Crippen molar-refractivity contribution in [2.45, 2.75) is 77.0 Å². The Morgan fingerprint density at radius 3 is 2.29 bits per heavy atom. The van der Waals surface area contributed by atoms with Crippen molar-refractivity contribution in [2.75, 3.05) is 0 Å². The number of Topliss-reactive ketones (excluding diaryl/α,β-unsaturated/α-hetero) is 1. The highest BCUT2D eigenvalue weighted by molar-refractivity contribution is 5.82.